The normalized spacial score (nSPS) is 28.6. The fourth-order valence-electron chi connectivity index (χ4n) is 2.04. The van der Waals surface area contributed by atoms with Crippen LogP contribution in [-0.2, 0) is 0 Å². The molecule has 74 valence electrons. The van der Waals surface area contributed by atoms with Crippen LogP contribution in [0.1, 0.15) is 25.7 Å². The second-order valence-corrected chi connectivity index (χ2v) is 4.03. The number of hydrogen-bond donors (Lipinski definition) is 2. The number of aliphatic imine (C=N–C) groups is 1. The van der Waals surface area contributed by atoms with E-state index >= 15 is 0 Å². The lowest BCUT2D eigenvalue weighted by atomic mass is 10.00. The van der Waals surface area contributed by atoms with E-state index in [0.717, 1.165) is 19.0 Å². The van der Waals surface area contributed by atoms with Gasteiger partial charge in [-0.1, -0.05) is 0 Å². The van der Waals surface area contributed by atoms with Crippen molar-refractivity contribution in [2.45, 2.75) is 25.7 Å². The molecule has 0 saturated carbocycles. The first kappa shape index (κ1) is 9.00. The number of rotatable bonds is 2. The van der Waals surface area contributed by atoms with Gasteiger partial charge < -0.3 is 10.6 Å². The van der Waals surface area contributed by atoms with E-state index in [1.54, 1.807) is 0 Å². The van der Waals surface area contributed by atoms with Gasteiger partial charge in [-0.15, -0.1) is 0 Å². The minimum absolute atomic E-state index is 0.817. The summed E-state index contributed by atoms with van der Waals surface area (Å²) in [6.07, 6.45) is 5.11. The summed E-state index contributed by atoms with van der Waals surface area (Å²) >= 11 is 0. The fourth-order valence-corrected chi connectivity index (χ4v) is 2.04. The van der Waals surface area contributed by atoms with Crippen molar-refractivity contribution in [2.24, 2.45) is 10.9 Å². The van der Waals surface area contributed by atoms with Gasteiger partial charge in [-0.25, -0.2) is 0 Å². The second-order valence-electron chi connectivity index (χ2n) is 4.03. The lowest BCUT2D eigenvalue weighted by Crippen LogP contribution is -2.37. The van der Waals surface area contributed by atoms with Crippen LogP contribution in [0.2, 0.25) is 0 Å². The molecule has 0 bridgehead atoms. The van der Waals surface area contributed by atoms with Crippen LogP contribution >= 0.6 is 0 Å². The Morgan fingerprint density at radius 2 is 2.46 bits per heavy atom. The highest BCUT2D eigenvalue weighted by Crippen LogP contribution is 2.09. The van der Waals surface area contributed by atoms with Gasteiger partial charge in [0.15, 0.2) is 0 Å². The predicted octanol–water partition coefficient (Wildman–Crippen LogP) is 0.768. The lowest BCUT2D eigenvalue weighted by Gasteiger charge is -2.23. The zero-order valence-corrected chi connectivity index (χ0v) is 8.18. The Kier molecular flexibility index (Phi) is 3.19. The molecule has 0 aromatic rings. The predicted molar refractivity (Wildman–Crippen MR) is 55.1 cm³/mol. The Balaban J connectivity index is 1.66. The van der Waals surface area contributed by atoms with Crippen LogP contribution in [0, 0.1) is 5.92 Å². The van der Waals surface area contributed by atoms with E-state index < -0.39 is 0 Å². The van der Waals surface area contributed by atoms with Gasteiger partial charge in [0.1, 0.15) is 0 Å². The summed E-state index contributed by atoms with van der Waals surface area (Å²) in [4.78, 5) is 4.41. The molecule has 2 heterocycles. The monoisotopic (exact) mass is 181 g/mol. The average molecular weight is 181 g/mol. The zero-order valence-electron chi connectivity index (χ0n) is 8.18. The maximum absolute atomic E-state index is 4.41. The molecule has 2 aliphatic rings. The van der Waals surface area contributed by atoms with E-state index in [9.17, 15) is 0 Å². The molecule has 2 aliphatic heterocycles. The van der Waals surface area contributed by atoms with Crippen LogP contribution in [0.25, 0.3) is 0 Å². The Morgan fingerprint density at radius 3 is 3.15 bits per heavy atom. The van der Waals surface area contributed by atoms with Crippen molar-refractivity contribution in [3.8, 4) is 0 Å². The van der Waals surface area contributed by atoms with Gasteiger partial charge in [0.25, 0.3) is 0 Å². The van der Waals surface area contributed by atoms with Crippen LogP contribution in [0.3, 0.4) is 0 Å². The fraction of sp³-hybridized carbons (Fsp3) is 0.900. The van der Waals surface area contributed by atoms with E-state index in [4.69, 9.17) is 0 Å². The first-order valence-corrected chi connectivity index (χ1v) is 5.43. The quantitative estimate of drug-likeness (QED) is 0.660. The van der Waals surface area contributed by atoms with Crippen LogP contribution in [0.15, 0.2) is 4.99 Å². The molecule has 0 aromatic heterocycles. The molecule has 0 spiro atoms. The largest absolute Gasteiger partial charge is 0.374 e. The van der Waals surface area contributed by atoms with Gasteiger partial charge in [0, 0.05) is 19.5 Å². The molecule has 3 nitrogen and oxygen atoms in total. The smallest absolute Gasteiger partial charge is 0.0963 e. The zero-order chi connectivity index (χ0) is 8.93. The lowest BCUT2D eigenvalue weighted by molar-refractivity contribution is 0.375. The van der Waals surface area contributed by atoms with Crippen LogP contribution in [0.5, 0.6) is 0 Å². The van der Waals surface area contributed by atoms with Crippen molar-refractivity contribution in [1.82, 2.24) is 10.6 Å². The molecular weight excluding hydrogens is 162 g/mol. The number of hydrogen-bond acceptors (Lipinski definition) is 3. The van der Waals surface area contributed by atoms with E-state index in [2.05, 4.69) is 15.6 Å². The topological polar surface area (TPSA) is 36.4 Å². The second kappa shape index (κ2) is 4.61. The highest BCUT2D eigenvalue weighted by Gasteiger charge is 2.13. The SMILES string of the molecule is C1CN=C(NCC2CCCNC2)C1. The summed E-state index contributed by atoms with van der Waals surface area (Å²) < 4.78 is 0. The summed E-state index contributed by atoms with van der Waals surface area (Å²) in [5.74, 6) is 2.06. The van der Waals surface area contributed by atoms with Crippen molar-refractivity contribution < 1.29 is 0 Å². The molecule has 0 amide bonds. The molecule has 2 N–H and O–H groups in total. The summed E-state index contributed by atoms with van der Waals surface area (Å²) in [6, 6.07) is 0. The van der Waals surface area contributed by atoms with Gasteiger partial charge in [0.05, 0.1) is 5.84 Å². The number of amidine groups is 1. The molecular formula is C10H19N3. The standard InChI is InChI=1S/C10H19N3/c1-3-9(7-11-5-1)8-13-10-4-2-6-12-10/h9,11H,1-8H2,(H,12,13). The molecule has 2 rings (SSSR count). The molecule has 0 radical (unpaired) electrons. The van der Waals surface area contributed by atoms with Crippen LogP contribution < -0.4 is 10.6 Å². The van der Waals surface area contributed by atoms with Gasteiger partial charge in [-0.3, -0.25) is 4.99 Å². The third-order valence-corrected chi connectivity index (χ3v) is 2.87. The molecule has 13 heavy (non-hydrogen) atoms. The third-order valence-electron chi connectivity index (χ3n) is 2.87. The Morgan fingerprint density at radius 1 is 1.46 bits per heavy atom. The summed E-state index contributed by atoms with van der Waals surface area (Å²) in [5.41, 5.74) is 0. The number of nitrogens with one attached hydrogen (secondary N) is 2. The van der Waals surface area contributed by atoms with Crippen molar-refractivity contribution in [2.75, 3.05) is 26.2 Å². The van der Waals surface area contributed by atoms with Gasteiger partial charge in [0.2, 0.25) is 0 Å². The number of nitrogens with zero attached hydrogens (tertiary/aromatic N) is 1. The Labute approximate surface area is 80.0 Å². The number of piperidine rings is 1. The van der Waals surface area contributed by atoms with E-state index in [1.807, 2.05) is 0 Å². The van der Waals surface area contributed by atoms with Crippen molar-refractivity contribution in [1.29, 1.82) is 0 Å². The maximum Gasteiger partial charge on any atom is 0.0963 e. The molecule has 1 saturated heterocycles. The summed E-state index contributed by atoms with van der Waals surface area (Å²) in [5, 5.41) is 6.89. The van der Waals surface area contributed by atoms with Crippen LogP contribution in [0.4, 0.5) is 0 Å². The van der Waals surface area contributed by atoms with Crippen molar-refractivity contribution >= 4 is 5.84 Å². The third kappa shape index (κ3) is 2.69. The highest BCUT2D eigenvalue weighted by atomic mass is 15.0. The molecule has 3 heteroatoms. The van der Waals surface area contributed by atoms with Gasteiger partial charge in [-0.2, -0.15) is 0 Å². The molecule has 1 atom stereocenters. The minimum Gasteiger partial charge on any atom is -0.374 e. The van der Waals surface area contributed by atoms with E-state index in [1.165, 1.54) is 44.6 Å². The van der Waals surface area contributed by atoms with Gasteiger partial charge in [-0.05, 0) is 38.3 Å². The van der Waals surface area contributed by atoms with E-state index in [-0.39, 0.29) is 0 Å². The van der Waals surface area contributed by atoms with Gasteiger partial charge >= 0.3 is 0 Å². The van der Waals surface area contributed by atoms with E-state index in [0.29, 0.717) is 0 Å². The van der Waals surface area contributed by atoms with Crippen LogP contribution in [-0.4, -0.2) is 32.0 Å². The maximum atomic E-state index is 4.41. The van der Waals surface area contributed by atoms with Crippen molar-refractivity contribution in [3.05, 3.63) is 0 Å². The molecule has 0 aliphatic carbocycles. The summed E-state index contributed by atoms with van der Waals surface area (Å²) in [7, 11) is 0. The minimum atomic E-state index is 0.817. The van der Waals surface area contributed by atoms with Crippen molar-refractivity contribution in [3.63, 3.8) is 0 Å². The summed E-state index contributed by atoms with van der Waals surface area (Å²) in [6.45, 7) is 4.54. The average Bonchev–Trinajstić information content (AvgIpc) is 2.69. The molecule has 1 unspecified atom stereocenters. The Hall–Kier alpha value is -0.570. The first-order valence-electron chi connectivity index (χ1n) is 5.43. The first-order chi connectivity index (χ1) is 6.45. The molecule has 0 aromatic carbocycles. The highest BCUT2D eigenvalue weighted by molar-refractivity contribution is 5.83. The Bertz CT molecular complexity index is 183. The molecule has 1 fully saturated rings.